The third kappa shape index (κ3) is 4.70. The smallest absolute Gasteiger partial charge is 0.0897 e. The Morgan fingerprint density at radius 3 is 2.00 bits per heavy atom. The molecule has 0 saturated carbocycles. The lowest BCUT2D eigenvalue weighted by Gasteiger charge is -1.89. The van der Waals surface area contributed by atoms with E-state index in [9.17, 15) is 0 Å². The lowest BCUT2D eigenvalue weighted by molar-refractivity contribution is 1.17. The second-order valence-corrected chi connectivity index (χ2v) is 4.55. The van der Waals surface area contributed by atoms with Crippen LogP contribution < -0.4 is 0 Å². The maximum absolute atomic E-state index is 4.13. The van der Waals surface area contributed by atoms with E-state index in [2.05, 4.69) is 21.4 Å². The predicted octanol–water partition coefficient (Wildman–Crippen LogP) is 3.46. The number of hydrogen-bond donors (Lipinski definition) is 0. The van der Waals surface area contributed by atoms with E-state index in [4.69, 9.17) is 0 Å². The number of pyridine rings is 1. The van der Waals surface area contributed by atoms with Crippen LogP contribution in [0.4, 0.5) is 0 Å². The summed E-state index contributed by atoms with van der Waals surface area (Å²) in [5.41, 5.74) is 3.42. The second-order valence-electron chi connectivity index (χ2n) is 3.48. The normalized spacial score (nSPS) is 9.33. The number of thiazole rings is 1. The molecule has 0 amide bonds. The van der Waals surface area contributed by atoms with Crippen molar-refractivity contribution in [3.8, 4) is 0 Å². The van der Waals surface area contributed by atoms with Crippen molar-refractivity contribution in [2.75, 3.05) is 0 Å². The zero-order valence-electron chi connectivity index (χ0n) is 9.61. The minimum Gasteiger partial charge on any atom is -0.261 e. The van der Waals surface area contributed by atoms with Gasteiger partial charge < -0.3 is 0 Å². The Kier molecular flexibility index (Phi) is 4.43. The van der Waals surface area contributed by atoms with Crippen molar-refractivity contribution in [3.05, 3.63) is 45.7 Å². The van der Waals surface area contributed by atoms with Gasteiger partial charge in [0.1, 0.15) is 0 Å². The third-order valence-corrected chi connectivity index (χ3v) is 2.68. The second kappa shape index (κ2) is 5.61. The van der Waals surface area contributed by atoms with Crippen LogP contribution in [0, 0.1) is 27.7 Å². The minimum atomic E-state index is 1.08. The summed E-state index contributed by atoms with van der Waals surface area (Å²) in [6.45, 7) is 8.03. The Labute approximate surface area is 95.0 Å². The van der Waals surface area contributed by atoms with E-state index in [0.29, 0.717) is 0 Å². The van der Waals surface area contributed by atoms with Crippen LogP contribution >= 0.6 is 11.3 Å². The Morgan fingerprint density at radius 1 is 1.00 bits per heavy atom. The van der Waals surface area contributed by atoms with E-state index >= 15 is 0 Å². The van der Waals surface area contributed by atoms with E-state index in [-0.39, 0.29) is 0 Å². The van der Waals surface area contributed by atoms with E-state index in [1.165, 1.54) is 5.56 Å². The molecule has 0 N–H and O–H groups in total. The molecule has 0 atom stereocenters. The summed E-state index contributed by atoms with van der Waals surface area (Å²) >= 11 is 1.69. The molecule has 3 heteroatoms. The molecule has 15 heavy (non-hydrogen) atoms. The van der Waals surface area contributed by atoms with Gasteiger partial charge in [0, 0.05) is 23.0 Å². The Hall–Kier alpha value is -1.22. The average molecular weight is 220 g/mol. The first-order chi connectivity index (χ1) is 7.08. The highest BCUT2D eigenvalue weighted by Crippen LogP contribution is 2.04. The van der Waals surface area contributed by atoms with Crippen LogP contribution in [0.2, 0.25) is 0 Å². The summed E-state index contributed by atoms with van der Waals surface area (Å²) in [5, 5.41) is 3.20. The lowest BCUT2D eigenvalue weighted by atomic mass is 10.3. The van der Waals surface area contributed by atoms with Gasteiger partial charge in [0.05, 0.1) is 5.01 Å². The molecule has 0 aliphatic carbocycles. The van der Waals surface area contributed by atoms with E-state index in [1.807, 2.05) is 40.0 Å². The molecule has 2 nitrogen and oxygen atoms in total. The summed E-state index contributed by atoms with van der Waals surface area (Å²) in [6.07, 6.45) is 1.87. The molecule has 0 radical (unpaired) electrons. The van der Waals surface area contributed by atoms with E-state index < -0.39 is 0 Å². The molecule has 2 heterocycles. The fourth-order valence-electron chi connectivity index (χ4n) is 1.01. The SMILES string of the molecule is Cc1ccc(C)nc1.Cc1csc(C)n1. The molecular formula is C12H16N2S. The molecule has 0 aromatic carbocycles. The van der Waals surface area contributed by atoms with Crippen LogP contribution in [-0.2, 0) is 0 Å². The first-order valence-corrected chi connectivity index (χ1v) is 5.74. The quantitative estimate of drug-likeness (QED) is 0.679. The highest BCUT2D eigenvalue weighted by Gasteiger charge is 1.86. The number of hydrogen-bond acceptors (Lipinski definition) is 3. The van der Waals surface area contributed by atoms with Gasteiger partial charge in [-0.3, -0.25) is 4.98 Å². The monoisotopic (exact) mass is 220 g/mol. The Bertz CT molecular complexity index is 366. The molecule has 2 aromatic heterocycles. The summed E-state index contributed by atoms with van der Waals surface area (Å²) in [7, 11) is 0. The van der Waals surface area contributed by atoms with Crippen molar-refractivity contribution in [1.29, 1.82) is 0 Å². The fourth-order valence-corrected chi connectivity index (χ4v) is 1.60. The van der Waals surface area contributed by atoms with Gasteiger partial charge >= 0.3 is 0 Å². The van der Waals surface area contributed by atoms with Crippen molar-refractivity contribution in [1.82, 2.24) is 9.97 Å². The van der Waals surface area contributed by atoms with Crippen LogP contribution in [0.3, 0.4) is 0 Å². The maximum atomic E-state index is 4.13. The number of rotatable bonds is 0. The first kappa shape index (κ1) is 11.9. The van der Waals surface area contributed by atoms with Crippen molar-refractivity contribution < 1.29 is 0 Å². The summed E-state index contributed by atoms with van der Waals surface area (Å²) in [4.78, 5) is 8.21. The maximum Gasteiger partial charge on any atom is 0.0897 e. The van der Waals surface area contributed by atoms with Gasteiger partial charge in [-0.25, -0.2) is 4.98 Å². The highest BCUT2D eigenvalue weighted by molar-refractivity contribution is 7.09. The van der Waals surface area contributed by atoms with E-state index in [1.54, 1.807) is 11.3 Å². The van der Waals surface area contributed by atoms with Gasteiger partial charge in [-0.15, -0.1) is 11.3 Å². The van der Waals surface area contributed by atoms with E-state index in [0.717, 1.165) is 16.4 Å². The molecule has 80 valence electrons. The summed E-state index contributed by atoms with van der Waals surface area (Å²) in [5.74, 6) is 0. The number of aryl methyl sites for hydroxylation is 4. The van der Waals surface area contributed by atoms with Gasteiger partial charge in [-0.05, 0) is 39.3 Å². The van der Waals surface area contributed by atoms with Gasteiger partial charge in [-0.1, -0.05) is 6.07 Å². The topological polar surface area (TPSA) is 25.8 Å². The van der Waals surface area contributed by atoms with Crippen molar-refractivity contribution in [2.45, 2.75) is 27.7 Å². The molecule has 0 spiro atoms. The first-order valence-electron chi connectivity index (χ1n) is 4.86. The summed E-state index contributed by atoms with van der Waals surface area (Å²) in [6, 6.07) is 4.07. The molecule has 0 aliphatic rings. The zero-order valence-corrected chi connectivity index (χ0v) is 10.4. The molecular weight excluding hydrogens is 204 g/mol. The molecule has 0 aliphatic heterocycles. The largest absolute Gasteiger partial charge is 0.261 e. The Morgan fingerprint density at radius 2 is 1.73 bits per heavy atom. The van der Waals surface area contributed by atoms with Gasteiger partial charge in [0.15, 0.2) is 0 Å². The molecule has 0 fully saturated rings. The van der Waals surface area contributed by atoms with Crippen molar-refractivity contribution >= 4 is 11.3 Å². The van der Waals surface area contributed by atoms with Crippen LogP contribution in [0.1, 0.15) is 22.0 Å². The average Bonchev–Trinajstić information content (AvgIpc) is 2.56. The minimum absolute atomic E-state index is 1.08. The number of nitrogens with zero attached hydrogens (tertiary/aromatic N) is 2. The molecule has 0 saturated heterocycles. The molecule has 0 unspecified atom stereocenters. The molecule has 2 aromatic rings. The lowest BCUT2D eigenvalue weighted by Crippen LogP contribution is -1.78. The molecule has 0 bridgehead atoms. The fraction of sp³-hybridized carbons (Fsp3) is 0.333. The standard InChI is InChI=1S/C7H9N.C5H7NS/c1-6-3-4-7(2)8-5-6;1-4-3-7-5(2)6-4/h3-5H,1-2H3;3H,1-2H3. The predicted molar refractivity (Wildman–Crippen MR) is 65.3 cm³/mol. The zero-order chi connectivity index (χ0) is 11.3. The van der Waals surface area contributed by atoms with Crippen LogP contribution in [0.5, 0.6) is 0 Å². The van der Waals surface area contributed by atoms with Crippen molar-refractivity contribution in [3.63, 3.8) is 0 Å². The highest BCUT2D eigenvalue weighted by atomic mass is 32.1. The van der Waals surface area contributed by atoms with Gasteiger partial charge in [-0.2, -0.15) is 0 Å². The van der Waals surface area contributed by atoms with Crippen LogP contribution in [0.15, 0.2) is 23.7 Å². The number of aromatic nitrogens is 2. The third-order valence-electron chi connectivity index (χ3n) is 1.79. The Balaban J connectivity index is 0.000000151. The van der Waals surface area contributed by atoms with Crippen molar-refractivity contribution in [2.24, 2.45) is 0 Å². The van der Waals surface area contributed by atoms with Gasteiger partial charge in [0.2, 0.25) is 0 Å². The van der Waals surface area contributed by atoms with Crippen LogP contribution in [-0.4, -0.2) is 9.97 Å². The molecule has 2 rings (SSSR count). The van der Waals surface area contributed by atoms with Gasteiger partial charge in [0.25, 0.3) is 0 Å². The summed E-state index contributed by atoms with van der Waals surface area (Å²) < 4.78 is 0. The van der Waals surface area contributed by atoms with Crippen LogP contribution in [0.25, 0.3) is 0 Å².